The van der Waals surface area contributed by atoms with E-state index < -0.39 is 0 Å². The second kappa shape index (κ2) is 9.43. The number of rotatable bonds is 8. The summed E-state index contributed by atoms with van der Waals surface area (Å²) in [6, 6.07) is 0. The van der Waals surface area contributed by atoms with Crippen molar-refractivity contribution in [3.63, 3.8) is 0 Å². The van der Waals surface area contributed by atoms with Gasteiger partial charge in [-0.2, -0.15) is 48.8 Å². The maximum absolute atomic E-state index is 4.44. The summed E-state index contributed by atoms with van der Waals surface area (Å²) >= 11 is 13.0. The Kier molecular flexibility index (Phi) is 10.3. The first-order chi connectivity index (χ1) is 6.95. The average Bonchev–Trinajstić information content (AvgIpc) is 2.16. The molecule has 0 aromatic heterocycles. The van der Waals surface area contributed by atoms with E-state index in [1.54, 1.807) is 0 Å². The fraction of sp³-hybridized carbons (Fsp3) is 1.00. The van der Waals surface area contributed by atoms with E-state index in [9.17, 15) is 0 Å². The molecule has 0 aliphatic carbocycles. The van der Waals surface area contributed by atoms with E-state index in [1.807, 2.05) is 23.5 Å². The van der Waals surface area contributed by atoms with Crippen LogP contribution in [0.4, 0.5) is 0 Å². The van der Waals surface area contributed by atoms with Crippen molar-refractivity contribution in [2.24, 2.45) is 0 Å². The number of hydrogen-bond acceptors (Lipinski definition) is 4. The molecular weight excluding hydrogens is 260 g/mol. The maximum atomic E-state index is 4.44. The van der Waals surface area contributed by atoms with E-state index in [2.05, 4.69) is 53.0 Å². The summed E-state index contributed by atoms with van der Waals surface area (Å²) in [4.78, 5) is 0. The zero-order valence-corrected chi connectivity index (χ0v) is 13.6. The van der Waals surface area contributed by atoms with Crippen molar-refractivity contribution in [1.29, 1.82) is 0 Å². The summed E-state index contributed by atoms with van der Waals surface area (Å²) in [6.07, 6.45) is 1.30. The molecule has 0 aromatic rings. The Morgan fingerprint density at radius 2 is 1.13 bits per heavy atom. The van der Waals surface area contributed by atoms with Gasteiger partial charge in [0.25, 0.3) is 0 Å². The van der Waals surface area contributed by atoms with Gasteiger partial charge >= 0.3 is 0 Å². The molecule has 0 heterocycles. The van der Waals surface area contributed by atoms with Crippen LogP contribution in [0.2, 0.25) is 0 Å². The van der Waals surface area contributed by atoms with Crippen LogP contribution in [0.3, 0.4) is 0 Å². The fourth-order valence-electron chi connectivity index (χ4n) is 0.876. The molecule has 4 heteroatoms. The fourth-order valence-corrected chi connectivity index (χ4v) is 3.50. The van der Waals surface area contributed by atoms with Gasteiger partial charge in [0.2, 0.25) is 0 Å². The Bertz CT molecular complexity index is 132. The van der Waals surface area contributed by atoms with Gasteiger partial charge in [0.15, 0.2) is 0 Å². The van der Waals surface area contributed by atoms with Crippen LogP contribution in [0.25, 0.3) is 0 Å². The molecule has 0 bridgehead atoms. The third-order valence-corrected chi connectivity index (χ3v) is 6.62. The highest BCUT2D eigenvalue weighted by Gasteiger charge is 2.09. The molecule has 0 N–H and O–H groups in total. The van der Waals surface area contributed by atoms with Gasteiger partial charge in [-0.3, -0.25) is 0 Å². The van der Waals surface area contributed by atoms with Crippen LogP contribution < -0.4 is 0 Å². The molecule has 15 heavy (non-hydrogen) atoms. The van der Waals surface area contributed by atoms with Crippen LogP contribution in [0.15, 0.2) is 0 Å². The Labute approximate surface area is 115 Å². The van der Waals surface area contributed by atoms with Gasteiger partial charge in [0.1, 0.15) is 0 Å². The van der Waals surface area contributed by atoms with Gasteiger partial charge in [-0.15, -0.1) is 0 Å². The minimum absolute atomic E-state index is 0.499. The smallest absolute Gasteiger partial charge is 0.0133 e. The van der Waals surface area contributed by atoms with Crippen LogP contribution >= 0.6 is 48.8 Å². The summed E-state index contributed by atoms with van der Waals surface area (Å²) in [7, 11) is 0. The van der Waals surface area contributed by atoms with Crippen molar-refractivity contribution in [2.75, 3.05) is 11.5 Å². The molecule has 0 aliphatic heterocycles. The zero-order chi connectivity index (χ0) is 11.8. The summed E-state index contributed by atoms with van der Waals surface area (Å²) in [5.41, 5.74) is 0. The van der Waals surface area contributed by atoms with E-state index in [0.29, 0.717) is 21.0 Å². The van der Waals surface area contributed by atoms with Gasteiger partial charge in [-0.05, 0) is 17.9 Å². The van der Waals surface area contributed by atoms with Gasteiger partial charge < -0.3 is 0 Å². The first-order valence-corrected chi connectivity index (χ1v) is 8.67. The van der Waals surface area contributed by atoms with E-state index in [4.69, 9.17) is 0 Å². The molecule has 4 unspecified atom stereocenters. The summed E-state index contributed by atoms with van der Waals surface area (Å²) in [6.45, 7) is 8.85. The predicted molar refractivity (Wildman–Crippen MR) is 85.4 cm³/mol. The van der Waals surface area contributed by atoms with Gasteiger partial charge in [0, 0.05) is 21.0 Å². The SMILES string of the molecule is CC(S)C(C)SCCCSC(C)C(C)S. The Hall–Kier alpha value is 1.40. The van der Waals surface area contributed by atoms with Gasteiger partial charge in [-0.25, -0.2) is 0 Å². The second-order valence-electron chi connectivity index (χ2n) is 3.99. The maximum Gasteiger partial charge on any atom is 0.0133 e. The number of thiol groups is 2. The van der Waals surface area contributed by atoms with Gasteiger partial charge in [-0.1, -0.05) is 27.7 Å². The highest BCUT2D eigenvalue weighted by atomic mass is 32.2. The van der Waals surface area contributed by atoms with Crippen LogP contribution in [0.1, 0.15) is 34.1 Å². The molecule has 0 radical (unpaired) electrons. The van der Waals surface area contributed by atoms with Crippen LogP contribution in [-0.4, -0.2) is 32.5 Å². The normalized spacial score (nSPS) is 19.6. The number of thioether (sulfide) groups is 2. The minimum atomic E-state index is 0.499. The monoisotopic (exact) mass is 284 g/mol. The van der Waals surface area contributed by atoms with Crippen LogP contribution in [-0.2, 0) is 0 Å². The molecule has 0 saturated carbocycles. The molecule has 0 aromatic carbocycles. The first kappa shape index (κ1) is 16.4. The summed E-state index contributed by atoms with van der Waals surface area (Å²) in [5.74, 6) is 2.51. The lowest BCUT2D eigenvalue weighted by atomic mass is 10.4. The standard InChI is InChI=1S/C11H24S4/c1-8(12)10(3)14-6-5-7-15-11(4)9(2)13/h8-13H,5-7H2,1-4H3. The zero-order valence-electron chi connectivity index (χ0n) is 10.1. The summed E-state index contributed by atoms with van der Waals surface area (Å²) < 4.78 is 0. The number of hydrogen-bond donors (Lipinski definition) is 2. The molecule has 0 nitrogen and oxygen atoms in total. The lowest BCUT2D eigenvalue weighted by molar-refractivity contribution is 0.922. The first-order valence-electron chi connectivity index (χ1n) is 5.54. The molecular formula is C11H24S4. The lowest BCUT2D eigenvalue weighted by Gasteiger charge is -2.16. The third kappa shape index (κ3) is 9.13. The molecule has 4 atom stereocenters. The topological polar surface area (TPSA) is 0 Å². The van der Waals surface area contributed by atoms with E-state index in [0.717, 1.165) is 0 Å². The summed E-state index contributed by atoms with van der Waals surface area (Å²) in [5, 5.41) is 2.33. The van der Waals surface area contributed by atoms with Crippen molar-refractivity contribution in [3.8, 4) is 0 Å². The molecule has 0 amide bonds. The largest absolute Gasteiger partial charge is 0.175 e. The van der Waals surface area contributed by atoms with E-state index in [1.165, 1.54) is 17.9 Å². The average molecular weight is 285 g/mol. The molecule has 0 aliphatic rings. The molecule has 0 spiro atoms. The predicted octanol–water partition coefficient (Wildman–Crippen LogP) is 4.26. The van der Waals surface area contributed by atoms with Crippen molar-refractivity contribution in [1.82, 2.24) is 0 Å². The third-order valence-electron chi connectivity index (χ3n) is 2.41. The molecule has 0 saturated heterocycles. The molecule has 0 fully saturated rings. The second-order valence-corrected chi connectivity index (χ2v) is 8.59. The highest BCUT2D eigenvalue weighted by molar-refractivity contribution is 8.01. The molecule has 0 rings (SSSR count). The van der Waals surface area contributed by atoms with Crippen molar-refractivity contribution in [2.45, 2.75) is 55.1 Å². The lowest BCUT2D eigenvalue weighted by Crippen LogP contribution is -2.11. The Morgan fingerprint density at radius 1 is 0.800 bits per heavy atom. The van der Waals surface area contributed by atoms with Gasteiger partial charge in [0.05, 0.1) is 0 Å². The van der Waals surface area contributed by atoms with E-state index in [-0.39, 0.29) is 0 Å². The van der Waals surface area contributed by atoms with Crippen molar-refractivity contribution < 1.29 is 0 Å². The van der Waals surface area contributed by atoms with Crippen molar-refractivity contribution >= 4 is 48.8 Å². The Morgan fingerprint density at radius 3 is 1.40 bits per heavy atom. The van der Waals surface area contributed by atoms with E-state index >= 15 is 0 Å². The highest BCUT2D eigenvalue weighted by Crippen LogP contribution is 2.22. The quantitative estimate of drug-likeness (QED) is 0.505. The van der Waals surface area contributed by atoms with Crippen LogP contribution in [0.5, 0.6) is 0 Å². The van der Waals surface area contributed by atoms with Crippen molar-refractivity contribution in [3.05, 3.63) is 0 Å². The Balaban J connectivity index is 3.32. The minimum Gasteiger partial charge on any atom is -0.175 e. The molecule has 92 valence electrons. The van der Waals surface area contributed by atoms with Crippen LogP contribution in [0, 0.1) is 0 Å².